The van der Waals surface area contributed by atoms with Gasteiger partial charge in [-0.25, -0.2) is 5.43 Å². The summed E-state index contributed by atoms with van der Waals surface area (Å²) in [4.78, 5) is 12.2. The molecule has 1 N–H and O–H groups in total. The fourth-order valence-corrected chi connectivity index (χ4v) is 3.41. The monoisotopic (exact) mass is 393 g/mol. The van der Waals surface area contributed by atoms with Crippen LogP contribution in [-0.2, 0) is 11.8 Å². The van der Waals surface area contributed by atoms with Crippen LogP contribution in [0.15, 0.2) is 70.9 Å². The summed E-state index contributed by atoms with van der Waals surface area (Å²) < 4.78 is 1.89. The molecule has 0 unspecified atom stereocenters. The van der Waals surface area contributed by atoms with Crippen molar-refractivity contribution in [2.45, 2.75) is 24.9 Å². The lowest BCUT2D eigenvalue weighted by Crippen LogP contribution is -2.22. The van der Waals surface area contributed by atoms with Gasteiger partial charge in [0.15, 0.2) is 11.0 Å². The number of amides is 1. The van der Waals surface area contributed by atoms with Gasteiger partial charge in [0.2, 0.25) is 0 Å². The lowest BCUT2D eigenvalue weighted by atomic mass is 10.1. The molecule has 0 radical (unpaired) electrons. The minimum atomic E-state index is -0.168. The van der Waals surface area contributed by atoms with Gasteiger partial charge >= 0.3 is 0 Å². The molecule has 0 saturated heterocycles. The molecule has 1 aromatic heterocycles. The van der Waals surface area contributed by atoms with Gasteiger partial charge in [0.05, 0.1) is 11.5 Å². The van der Waals surface area contributed by atoms with Crippen LogP contribution in [-0.4, -0.2) is 32.1 Å². The maximum atomic E-state index is 12.2. The van der Waals surface area contributed by atoms with E-state index >= 15 is 0 Å². The Hall–Kier alpha value is -2.93. The van der Waals surface area contributed by atoms with E-state index in [2.05, 4.69) is 27.6 Å². The minimum absolute atomic E-state index is 0.168. The molecule has 3 aromatic rings. The zero-order chi connectivity index (χ0) is 19.8. The molecule has 0 saturated carbocycles. The Kier molecular flexibility index (Phi) is 6.97. The van der Waals surface area contributed by atoms with E-state index in [0.29, 0.717) is 5.16 Å². The molecule has 0 spiro atoms. The van der Waals surface area contributed by atoms with Crippen molar-refractivity contribution in [3.63, 3.8) is 0 Å². The number of thioether (sulfide) groups is 1. The number of hydrogen-bond acceptors (Lipinski definition) is 5. The van der Waals surface area contributed by atoms with Crippen molar-refractivity contribution in [2.75, 3.05) is 5.75 Å². The number of rotatable bonds is 8. The summed E-state index contributed by atoms with van der Waals surface area (Å²) in [6, 6.07) is 19.8. The first-order valence-corrected chi connectivity index (χ1v) is 10.2. The molecule has 0 aliphatic carbocycles. The van der Waals surface area contributed by atoms with E-state index < -0.39 is 0 Å². The quantitative estimate of drug-likeness (QED) is 0.358. The Morgan fingerprint density at radius 3 is 2.43 bits per heavy atom. The Balaban J connectivity index is 1.61. The number of benzene rings is 2. The Morgan fingerprint density at radius 1 is 1.07 bits per heavy atom. The largest absolute Gasteiger partial charge is 0.305 e. The summed E-state index contributed by atoms with van der Waals surface area (Å²) in [6.45, 7) is 2.09. The number of hydrogen-bond donors (Lipinski definition) is 1. The maximum Gasteiger partial charge on any atom is 0.250 e. The minimum Gasteiger partial charge on any atom is -0.305 e. The third-order valence-electron chi connectivity index (χ3n) is 4.11. The molecule has 0 bridgehead atoms. The van der Waals surface area contributed by atoms with Crippen LogP contribution in [0.1, 0.15) is 25.3 Å². The number of carbonyl (C=O) groups is 1. The van der Waals surface area contributed by atoms with Gasteiger partial charge in [0.1, 0.15) is 0 Å². The number of nitrogens with one attached hydrogen (secondary N) is 1. The highest BCUT2D eigenvalue weighted by atomic mass is 32.2. The molecule has 0 atom stereocenters. The molecule has 0 aliphatic heterocycles. The lowest BCUT2D eigenvalue weighted by Gasteiger charge is -2.06. The molecular formula is C21H23N5OS. The summed E-state index contributed by atoms with van der Waals surface area (Å²) in [5, 5.41) is 13.5. The van der Waals surface area contributed by atoms with Crippen molar-refractivity contribution in [3.8, 4) is 11.4 Å². The number of nitrogens with zero attached hydrogens (tertiary/aromatic N) is 4. The summed E-state index contributed by atoms with van der Waals surface area (Å²) in [6.07, 6.45) is 1.76. The van der Waals surface area contributed by atoms with E-state index in [0.717, 1.165) is 35.5 Å². The molecule has 7 heteroatoms. The molecule has 0 aliphatic rings. The molecule has 6 nitrogen and oxygen atoms in total. The lowest BCUT2D eigenvalue weighted by molar-refractivity contribution is -0.118. The summed E-state index contributed by atoms with van der Waals surface area (Å²) in [5.74, 6) is 0.827. The van der Waals surface area contributed by atoms with Gasteiger partial charge in [0.25, 0.3) is 5.91 Å². The third kappa shape index (κ3) is 5.07. The highest BCUT2D eigenvalue weighted by Crippen LogP contribution is 2.22. The summed E-state index contributed by atoms with van der Waals surface area (Å²) in [5.41, 5.74) is 5.56. The second-order valence-corrected chi connectivity index (χ2v) is 7.17. The molecule has 2 aromatic carbocycles. The first-order valence-electron chi connectivity index (χ1n) is 9.17. The van der Waals surface area contributed by atoms with Gasteiger partial charge in [-0.15, -0.1) is 10.2 Å². The van der Waals surface area contributed by atoms with Crippen molar-refractivity contribution in [3.05, 3.63) is 66.2 Å². The van der Waals surface area contributed by atoms with Crippen LogP contribution in [0.3, 0.4) is 0 Å². The molecule has 144 valence electrons. The van der Waals surface area contributed by atoms with E-state index in [1.165, 1.54) is 11.8 Å². The van der Waals surface area contributed by atoms with Gasteiger partial charge in [0, 0.05) is 12.6 Å². The van der Waals surface area contributed by atoms with E-state index in [-0.39, 0.29) is 11.7 Å². The summed E-state index contributed by atoms with van der Waals surface area (Å²) in [7, 11) is 1.90. The predicted molar refractivity (Wildman–Crippen MR) is 113 cm³/mol. The van der Waals surface area contributed by atoms with Gasteiger partial charge in [-0.1, -0.05) is 85.8 Å². The molecule has 3 rings (SSSR count). The SMILES string of the molecule is CCC/C(=N/NC(=O)CSc1nnc(-c2ccccc2)n1C)c1ccccc1. The van der Waals surface area contributed by atoms with Gasteiger partial charge < -0.3 is 4.57 Å². The van der Waals surface area contributed by atoms with Crippen LogP contribution in [0.25, 0.3) is 11.4 Å². The molecule has 28 heavy (non-hydrogen) atoms. The van der Waals surface area contributed by atoms with Crippen LogP contribution in [0.4, 0.5) is 0 Å². The number of carbonyl (C=O) groups excluding carboxylic acids is 1. The van der Waals surface area contributed by atoms with Gasteiger partial charge in [-0.2, -0.15) is 5.10 Å². The average molecular weight is 394 g/mol. The van der Waals surface area contributed by atoms with E-state index in [9.17, 15) is 4.79 Å². The fraction of sp³-hybridized carbons (Fsp3) is 0.238. The zero-order valence-electron chi connectivity index (χ0n) is 16.0. The molecule has 1 amide bonds. The fourth-order valence-electron chi connectivity index (χ4n) is 2.70. The van der Waals surface area contributed by atoms with Crippen molar-refractivity contribution in [1.29, 1.82) is 0 Å². The topological polar surface area (TPSA) is 72.2 Å². The standard InChI is InChI=1S/C21H23N5OS/c1-3-10-18(16-11-6-4-7-12-16)22-23-19(27)15-28-21-25-24-20(26(21)2)17-13-8-5-9-14-17/h4-9,11-14H,3,10,15H2,1-2H3,(H,23,27)/b22-18-. The van der Waals surface area contributed by atoms with Crippen LogP contribution in [0, 0.1) is 0 Å². The average Bonchev–Trinajstić information content (AvgIpc) is 3.11. The maximum absolute atomic E-state index is 12.2. The second kappa shape index (κ2) is 9.85. The van der Waals surface area contributed by atoms with E-state index in [4.69, 9.17) is 0 Å². The third-order valence-corrected chi connectivity index (χ3v) is 5.13. The molecule has 1 heterocycles. The highest BCUT2D eigenvalue weighted by Gasteiger charge is 2.12. The van der Waals surface area contributed by atoms with E-state index in [1.807, 2.05) is 72.3 Å². The van der Waals surface area contributed by atoms with Crippen LogP contribution < -0.4 is 5.43 Å². The molecular weight excluding hydrogens is 370 g/mol. The van der Waals surface area contributed by atoms with Crippen molar-refractivity contribution in [2.24, 2.45) is 12.1 Å². The smallest absolute Gasteiger partial charge is 0.250 e. The van der Waals surface area contributed by atoms with Gasteiger partial charge in [-0.3, -0.25) is 4.79 Å². The molecule has 0 fully saturated rings. The first-order chi connectivity index (χ1) is 13.7. The van der Waals surface area contributed by atoms with Crippen molar-refractivity contribution < 1.29 is 4.79 Å². The van der Waals surface area contributed by atoms with Crippen LogP contribution in [0.5, 0.6) is 0 Å². The predicted octanol–water partition coefficient (Wildman–Crippen LogP) is 3.89. The second-order valence-electron chi connectivity index (χ2n) is 6.23. The summed E-state index contributed by atoms with van der Waals surface area (Å²) >= 11 is 1.34. The van der Waals surface area contributed by atoms with E-state index in [1.54, 1.807) is 0 Å². The number of aromatic nitrogens is 3. The van der Waals surface area contributed by atoms with Crippen molar-refractivity contribution >= 4 is 23.4 Å². The Bertz CT molecular complexity index is 938. The Labute approximate surface area is 169 Å². The zero-order valence-corrected chi connectivity index (χ0v) is 16.8. The Morgan fingerprint density at radius 2 is 1.75 bits per heavy atom. The normalized spacial score (nSPS) is 11.4. The highest BCUT2D eigenvalue weighted by molar-refractivity contribution is 7.99. The van der Waals surface area contributed by atoms with Gasteiger partial charge in [-0.05, 0) is 12.0 Å². The van der Waals surface area contributed by atoms with Crippen LogP contribution in [0.2, 0.25) is 0 Å². The number of hydrazone groups is 1. The van der Waals surface area contributed by atoms with Crippen LogP contribution >= 0.6 is 11.8 Å². The first kappa shape index (κ1) is 19.8. The van der Waals surface area contributed by atoms with Crippen molar-refractivity contribution in [1.82, 2.24) is 20.2 Å².